The minimum absolute atomic E-state index is 0. The van der Waals surface area contributed by atoms with Crippen LogP contribution in [0.15, 0.2) is 109 Å². The summed E-state index contributed by atoms with van der Waals surface area (Å²) in [5.41, 5.74) is 4.40. The van der Waals surface area contributed by atoms with Crippen LogP contribution in [0.1, 0.15) is 30.5 Å². The van der Waals surface area contributed by atoms with Gasteiger partial charge in [0.2, 0.25) is 0 Å². The molecule has 0 aromatic heterocycles. The Morgan fingerprint density at radius 3 is 1.35 bits per heavy atom. The van der Waals surface area contributed by atoms with E-state index in [4.69, 9.17) is 0 Å². The zero-order chi connectivity index (χ0) is 20.8. The third kappa shape index (κ3) is 4.84. The normalized spacial score (nSPS) is 11.0. The molecule has 4 aromatic carbocycles. The van der Waals surface area contributed by atoms with Gasteiger partial charge in [0.05, 0.1) is 6.16 Å². The van der Waals surface area contributed by atoms with E-state index < -0.39 is 7.26 Å². The Kier molecular flexibility index (Phi) is 8.24. The molecule has 0 amide bonds. The fraction of sp³-hybridized carbons (Fsp3) is 0.172. The maximum absolute atomic E-state index is 2.46. The highest BCUT2D eigenvalue weighted by Gasteiger charge is 2.45. The molecule has 0 nitrogen and oxygen atoms in total. The van der Waals surface area contributed by atoms with E-state index in [1.807, 2.05) is 0 Å². The van der Waals surface area contributed by atoms with Gasteiger partial charge >= 0.3 is 0 Å². The van der Waals surface area contributed by atoms with Crippen LogP contribution in [0.25, 0.3) is 0 Å². The molecule has 0 saturated carbocycles. The lowest BCUT2D eigenvalue weighted by Crippen LogP contribution is -3.00. The van der Waals surface area contributed by atoms with Crippen LogP contribution in [0.5, 0.6) is 0 Å². The Morgan fingerprint density at radius 1 is 0.516 bits per heavy atom. The van der Waals surface area contributed by atoms with Gasteiger partial charge in [0.1, 0.15) is 23.2 Å². The second-order valence-corrected chi connectivity index (χ2v) is 11.3. The standard InChI is InChI=1S/C29H30P.BrH/c1-3-24-20-21-25(4-2)26(22-24)23-30(27-14-8-5-9-15-27,28-16-10-6-11-17-28)29-18-12-7-13-19-29;/h5-22H,3-4,23H2,1-2H3;1H/q+1;/p-1. The summed E-state index contributed by atoms with van der Waals surface area (Å²) in [5, 5.41) is 4.35. The van der Waals surface area contributed by atoms with Crippen molar-refractivity contribution in [3.8, 4) is 0 Å². The molecule has 2 heteroatoms. The predicted octanol–water partition coefficient (Wildman–Crippen LogP) is 3.31. The average molecular weight is 489 g/mol. The molecular formula is C29H30BrP. The van der Waals surface area contributed by atoms with Gasteiger partial charge in [-0.2, -0.15) is 0 Å². The monoisotopic (exact) mass is 488 g/mol. The van der Waals surface area contributed by atoms with Gasteiger partial charge < -0.3 is 17.0 Å². The summed E-state index contributed by atoms with van der Waals surface area (Å²) >= 11 is 0. The van der Waals surface area contributed by atoms with Gasteiger partial charge in [-0.1, -0.05) is 86.6 Å². The smallest absolute Gasteiger partial charge is 0.116 e. The highest BCUT2D eigenvalue weighted by molar-refractivity contribution is 7.95. The van der Waals surface area contributed by atoms with Gasteiger partial charge in [0, 0.05) is 0 Å². The van der Waals surface area contributed by atoms with E-state index in [2.05, 4.69) is 123 Å². The molecular weight excluding hydrogens is 459 g/mol. The van der Waals surface area contributed by atoms with Crippen molar-refractivity contribution in [2.24, 2.45) is 0 Å². The predicted molar refractivity (Wildman–Crippen MR) is 134 cm³/mol. The van der Waals surface area contributed by atoms with Crippen LogP contribution in [0.3, 0.4) is 0 Å². The summed E-state index contributed by atoms with van der Waals surface area (Å²) in [4.78, 5) is 0. The Labute approximate surface area is 198 Å². The van der Waals surface area contributed by atoms with Crippen LogP contribution >= 0.6 is 7.26 Å². The molecule has 0 bridgehead atoms. The molecule has 0 aliphatic rings. The first-order valence-electron chi connectivity index (χ1n) is 10.9. The van der Waals surface area contributed by atoms with Crippen molar-refractivity contribution >= 4 is 23.2 Å². The summed E-state index contributed by atoms with van der Waals surface area (Å²) in [6.45, 7) is 4.52. The molecule has 0 spiro atoms. The van der Waals surface area contributed by atoms with E-state index in [0.717, 1.165) is 19.0 Å². The molecule has 0 heterocycles. The zero-order valence-electron chi connectivity index (χ0n) is 18.3. The number of halogens is 1. The molecule has 4 rings (SSSR count). The summed E-state index contributed by atoms with van der Waals surface area (Å²) in [6.07, 6.45) is 3.20. The van der Waals surface area contributed by atoms with E-state index in [1.54, 1.807) is 0 Å². The van der Waals surface area contributed by atoms with Crippen LogP contribution in [-0.2, 0) is 19.0 Å². The fourth-order valence-electron chi connectivity index (χ4n) is 4.42. The number of aryl methyl sites for hydroxylation is 2. The van der Waals surface area contributed by atoms with Gasteiger partial charge in [-0.3, -0.25) is 0 Å². The Balaban J connectivity index is 0.00000272. The lowest BCUT2D eigenvalue weighted by molar-refractivity contribution is -0.00000598. The first-order chi connectivity index (χ1) is 14.8. The molecule has 4 aromatic rings. The van der Waals surface area contributed by atoms with Crippen molar-refractivity contribution in [1.29, 1.82) is 0 Å². The maximum atomic E-state index is 2.46. The molecule has 0 unspecified atom stereocenters. The molecule has 0 atom stereocenters. The second kappa shape index (κ2) is 10.9. The van der Waals surface area contributed by atoms with Crippen LogP contribution in [-0.4, -0.2) is 0 Å². The number of rotatable bonds is 7. The molecule has 0 saturated heterocycles. The van der Waals surface area contributed by atoms with Gasteiger partial charge in [0.25, 0.3) is 0 Å². The molecule has 0 radical (unpaired) electrons. The van der Waals surface area contributed by atoms with E-state index in [9.17, 15) is 0 Å². The Morgan fingerprint density at radius 2 is 0.968 bits per heavy atom. The molecule has 0 N–H and O–H groups in total. The lowest BCUT2D eigenvalue weighted by atomic mass is 10.0. The van der Waals surface area contributed by atoms with Crippen LogP contribution in [0, 0.1) is 0 Å². The number of benzene rings is 4. The minimum Gasteiger partial charge on any atom is -1.00 e. The van der Waals surface area contributed by atoms with Crippen LogP contribution in [0.4, 0.5) is 0 Å². The first kappa shape index (κ1) is 23.5. The number of hydrogen-bond donors (Lipinski definition) is 0. The summed E-state index contributed by atoms with van der Waals surface area (Å²) in [7, 11) is -1.85. The van der Waals surface area contributed by atoms with E-state index in [-0.39, 0.29) is 17.0 Å². The first-order valence-corrected chi connectivity index (χ1v) is 12.9. The van der Waals surface area contributed by atoms with Gasteiger partial charge in [-0.05, 0) is 65.9 Å². The summed E-state index contributed by atoms with van der Waals surface area (Å²) in [5.74, 6) is 0. The summed E-state index contributed by atoms with van der Waals surface area (Å²) in [6, 6.07) is 40.7. The van der Waals surface area contributed by atoms with Crippen molar-refractivity contribution in [2.45, 2.75) is 32.9 Å². The SMILES string of the molecule is CCc1ccc(CC)c(C[P+](c2ccccc2)(c2ccccc2)c2ccccc2)c1.[Br-]. The topological polar surface area (TPSA) is 0 Å². The molecule has 31 heavy (non-hydrogen) atoms. The van der Waals surface area contributed by atoms with Crippen molar-refractivity contribution in [3.63, 3.8) is 0 Å². The van der Waals surface area contributed by atoms with E-state index in [0.29, 0.717) is 0 Å². The average Bonchev–Trinajstić information content (AvgIpc) is 2.84. The molecule has 0 aliphatic carbocycles. The maximum Gasteiger partial charge on any atom is 0.116 e. The van der Waals surface area contributed by atoms with Crippen molar-refractivity contribution < 1.29 is 17.0 Å². The Bertz CT molecular complexity index is 979. The largest absolute Gasteiger partial charge is 1.00 e. The quantitative estimate of drug-likeness (QED) is 0.350. The Hall–Kier alpha value is -2.21. The molecule has 158 valence electrons. The van der Waals surface area contributed by atoms with Crippen LogP contribution in [0.2, 0.25) is 0 Å². The van der Waals surface area contributed by atoms with Crippen molar-refractivity contribution in [1.82, 2.24) is 0 Å². The molecule has 0 fully saturated rings. The molecule has 0 aliphatic heterocycles. The third-order valence-electron chi connectivity index (χ3n) is 6.06. The lowest BCUT2D eigenvalue weighted by Gasteiger charge is -2.28. The second-order valence-electron chi connectivity index (χ2n) is 7.78. The van der Waals surface area contributed by atoms with Crippen molar-refractivity contribution in [2.75, 3.05) is 0 Å². The van der Waals surface area contributed by atoms with Crippen LogP contribution < -0.4 is 32.9 Å². The fourth-order valence-corrected chi connectivity index (χ4v) is 8.71. The van der Waals surface area contributed by atoms with E-state index in [1.165, 1.54) is 32.6 Å². The van der Waals surface area contributed by atoms with Gasteiger partial charge in [-0.25, -0.2) is 0 Å². The van der Waals surface area contributed by atoms with Gasteiger partial charge in [0.15, 0.2) is 0 Å². The van der Waals surface area contributed by atoms with E-state index >= 15 is 0 Å². The van der Waals surface area contributed by atoms with Crippen molar-refractivity contribution in [3.05, 3.63) is 126 Å². The summed E-state index contributed by atoms with van der Waals surface area (Å²) < 4.78 is 0. The van der Waals surface area contributed by atoms with Gasteiger partial charge in [-0.15, -0.1) is 0 Å². The number of hydrogen-bond acceptors (Lipinski definition) is 0. The highest BCUT2D eigenvalue weighted by atomic mass is 79.9. The minimum atomic E-state index is -1.85. The zero-order valence-corrected chi connectivity index (χ0v) is 20.8. The third-order valence-corrected chi connectivity index (χ3v) is 10.4. The highest BCUT2D eigenvalue weighted by Crippen LogP contribution is 2.58.